The molecule has 0 radical (unpaired) electrons. The summed E-state index contributed by atoms with van der Waals surface area (Å²) in [5.41, 5.74) is 2.02. The van der Waals surface area contributed by atoms with E-state index in [0.717, 1.165) is 55.1 Å². The maximum Gasteiger partial charge on any atom is 0.317 e. The van der Waals surface area contributed by atoms with E-state index < -0.39 is 0 Å². The molecular weight excluding hydrogens is 290 g/mol. The predicted molar refractivity (Wildman–Crippen MR) is 90.2 cm³/mol. The molecule has 1 fully saturated rings. The Morgan fingerprint density at radius 1 is 1.17 bits per heavy atom. The van der Waals surface area contributed by atoms with E-state index in [-0.39, 0.29) is 6.03 Å². The Labute approximate surface area is 136 Å². The summed E-state index contributed by atoms with van der Waals surface area (Å²) in [6, 6.07) is 8.13. The van der Waals surface area contributed by atoms with Crippen molar-refractivity contribution in [2.75, 3.05) is 32.7 Å². The van der Waals surface area contributed by atoms with E-state index >= 15 is 0 Å². The summed E-state index contributed by atoms with van der Waals surface area (Å²) in [5, 5.41) is 3.96. The number of urea groups is 1. The number of nitrogens with one attached hydrogen (secondary N) is 1. The standard InChI is InChI=1S/C17H23N5O/c1-3-18-17(23)22-10-8-21(9-11-22)12-16-19-13(2)14-6-4-5-7-15(14)20-16/h4-7H,3,8-12H2,1-2H3,(H,18,23). The molecule has 3 rings (SSSR count). The lowest BCUT2D eigenvalue weighted by Crippen LogP contribution is -2.51. The third-order valence-electron chi connectivity index (χ3n) is 4.19. The molecule has 6 heteroatoms. The second kappa shape index (κ2) is 6.91. The third-order valence-corrected chi connectivity index (χ3v) is 4.19. The number of carbonyl (C=O) groups excluding carboxylic acids is 1. The van der Waals surface area contributed by atoms with Crippen LogP contribution in [0.25, 0.3) is 10.9 Å². The van der Waals surface area contributed by atoms with Crippen molar-refractivity contribution < 1.29 is 4.79 Å². The first-order valence-corrected chi connectivity index (χ1v) is 8.14. The van der Waals surface area contributed by atoms with Crippen molar-refractivity contribution in [1.82, 2.24) is 25.1 Å². The number of fused-ring (bicyclic) bond motifs is 1. The highest BCUT2D eigenvalue weighted by Gasteiger charge is 2.21. The van der Waals surface area contributed by atoms with Crippen LogP contribution in [-0.4, -0.2) is 58.5 Å². The molecule has 0 spiro atoms. The minimum atomic E-state index is 0.0324. The zero-order valence-corrected chi connectivity index (χ0v) is 13.7. The Morgan fingerprint density at radius 2 is 1.91 bits per heavy atom. The van der Waals surface area contributed by atoms with Gasteiger partial charge in [0.15, 0.2) is 0 Å². The minimum absolute atomic E-state index is 0.0324. The van der Waals surface area contributed by atoms with E-state index in [9.17, 15) is 4.79 Å². The molecule has 0 saturated carbocycles. The number of nitrogens with zero attached hydrogens (tertiary/aromatic N) is 4. The predicted octanol–water partition coefficient (Wildman–Crippen LogP) is 1.79. The number of carbonyl (C=O) groups is 1. The topological polar surface area (TPSA) is 61.4 Å². The van der Waals surface area contributed by atoms with Gasteiger partial charge in [0, 0.05) is 43.8 Å². The normalized spacial score (nSPS) is 15.8. The monoisotopic (exact) mass is 313 g/mol. The summed E-state index contributed by atoms with van der Waals surface area (Å²) >= 11 is 0. The Balaban J connectivity index is 1.64. The number of benzene rings is 1. The highest BCUT2D eigenvalue weighted by molar-refractivity contribution is 5.80. The molecule has 23 heavy (non-hydrogen) atoms. The summed E-state index contributed by atoms with van der Waals surface area (Å²) < 4.78 is 0. The molecule has 2 aromatic rings. The van der Waals surface area contributed by atoms with Gasteiger partial charge >= 0.3 is 6.03 Å². The second-order valence-electron chi connectivity index (χ2n) is 5.84. The SMILES string of the molecule is CCNC(=O)N1CCN(Cc2nc(C)c3ccccc3n2)CC1. The number of para-hydroxylation sites is 1. The summed E-state index contributed by atoms with van der Waals surface area (Å²) in [6.45, 7) is 8.57. The van der Waals surface area contributed by atoms with E-state index in [0.29, 0.717) is 6.54 Å². The molecule has 1 aliphatic heterocycles. The van der Waals surface area contributed by atoms with Gasteiger partial charge in [-0.3, -0.25) is 4.90 Å². The number of hydrogen-bond acceptors (Lipinski definition) is 4. The van der Waals surface area contributed by atoms with Crippen molar-refractivity contribution in [3.63, 3.8) is 0 Å². The van der Waals surface area contributed by atoms with Crippen LogP contribution in [-0.2, 0) is 6.54 Å². The van der Waals surface area contributed by atoms with E-state index in [1.807, 2.05) is 36.9 Å². The quantitative estimate of drug-likeness (QED) is 0.938. The van der Waals surface area contributed by atoms with Crippen molar-refractivity contribution in [2.45, 2.75) is 20.4 Å². The molecule has 1 N–H and O–H groups in total. The maximum atomic E-state index is 11.8. The number of aryl methyl sites for hydroxylation is 1. The number of piperazine rings is 1. The second-order valence-corrected chi connectivity index (χ2v) is 5.84. The maximum absolute atomic E-state index is 11.8. The van der Waals surface area contributed by atoms with Crippen LogP contribution in [0, 0.1) is 6.92 Å². The van der Waals surface area contributed by atoms with Crippen LogP contribution in [0.3, 0.4) is 0 Å². The van der Waals surface area contributed by atoms with E-state index in [2.05, 4.69) is 26.3 Å². The number of rotatable bonds is 3. The van der Waals surface area contributed by atoms with Gasteiger partial charge in [0.25, 0.3) is 0 Å². The minimum Gasteiger partial charge on any atom is -0.338 e. The molecular formula is C17H23N5O. The van der Waals surface area contributed by atoms with E-state index in [1.165, 1.54) is 0 Å². The molecule has 1 saturated heterocycles. The average Bonchev–Trinajstić information content (AvgIpc) is 2.56. The van der Waals surface area contributed by atoms with Gasteiger partial charge in [-0.2, -0.15) is 0 Å². The molecule has 6 nitrogen and oxygen atoms in total. The Morgan fingerprint density at radius 3 is 2.65 bits per heavy atom. The summed E-state index contributed by atoms with van der Waals surface area (Å²) in [7, 11) is 0. The molecule has 122 valence electrons. The first kappa shape index (κ1) is 15.7. The van der Waals surface area contributed by atoms with Gasteiger partial charge in [-0.25, -0.2) is 14.8 Å². The van der Waals surface area contributed by atoms with Gasteiger partial charge in [-0.05, 0) is 19.9 Å². The molecule has 2 amide bonds. The van der Waals surface area contributed by atoms with Crippen LogP contribution in [0.2, 0.25) is 0 Å². The molecule has 0 unspecified atom stereocenters. The van der Waals surface area contributed by atoms with E-state index in [1.54, 1.807) is 0 Å². The Kier molecular flexibility index (Phi) is 4.71. The van der Waals surface area contributed by atoms with Crippen LogP contribution < -0.4 is 5.32 Å². The van der Waals surface area contributed by atoms with Crippen LogP contribution in [0.1, 0.15) is 18.4 Å². The van der Waals surface area contributed by atoms with Gasteiger partial charge in [0.2, 0.25) is 0 Å². The number of amides is 2. The van der Waals surface area contributed by atoms with Crippen molar-refractivity contribution in [1.29, 1.82) is 0 Å². The molecule has 1 aromatic heterocycles. The van der Waals surface area contributed by atoms with Gasteiger partial charge in [-0.15, -0.1) is 0 Å². The van der Waals surface area contributed by atoms with Crippen molar-refractivity contribution in [3.8, 4) is 0 Å². The lowest BCUT2D eigenvalue weighted by molar-refractivity contribution is 0.134. The molecule has 1 aromatic carbocycles. The molecule has 2 heterocycles. The smallest absolute Gasteiger partial charge is 0.317 e. The molecule has 1 aliphatic rings. The summed E-state index contributed by atoms with van der Waals surface area (Å²) in [4.78, 5) is 25.3. The van der Waals surface area contributed by atoms with Crippen LogP contribution in [0.15, 0.2) is 24.3 Å². The number of aromatic nitrogens is 2. The fourth-order valence-corrected chi connectivity index (χ4v) is 2.94. The van der Waals surface area contributed by atoms with Crippen LogP contribution in [0.5, 0.6) is 0 Å². The van der Waals surface area contributed by atoms with Crippen LogP contribution in [0.4, 0.5) is 4.79 Å². The Bertz CT molecular complexity index is 694. The zero-order chi connectivity index (χ0) is 16.2. The van der Waals surface area contributed by atoms with Gasteiger partial charge < -0.3 is 10.2 Å². The lowest BCUT2D eigenvalue weighted by atomic mass is 10.2. The molecule has 0 aliphatic carbocycles. The van der Waals surface area contributed by atoms with Crippen molar-refractivity contribution in [2.24, 2.45) is 0 Å². The van der Waals surface area contributed by atoms with Gasteiger partial charge in [-0.1, -0.05) is 18.2 Å². The first-order chi connectivity index (χ1) is 11.2. The van der Waals surface area contributed by atoms with E-state index in [4.69, 9.17) is 0 Å². The molecule has 0 bridgehead atoms. The van der Waals surface area contributed by atoms with Gasteiger partial charge in [0.05, 0.1) is 12.1 Å². The zero-order valence-electron chi connectivity index (χ0n) is 13.7. The van der Waals surface area contributed by atoms with Crippen molar-refractivity contribution in [3.05, 3.63) is 35.8 Å². The number of hydrogen-bond donors (Lipinski definition) is 1. The summed E-state index contributed by atoms with van der Waals surface area (Å²) in [5.74, 6) is 0.854. The van der Waals surface area contributed by atoms with Gasteiger partial charge in [0.1, 0.15) is 5.82 Å². The highest BCUT2D eigenvalue weighted by atomic mass is 16.2. The largest absolute Gasteiger partial charge is 0.338 e. The fourth-order valence-electron chi connectivity index (χ4n) is 2.94. The summed E-state index contributed by atoms with van der Waals surface area (Å²) in [6.07, 6.45) is 0. The van der Waals surface area contributed by atoms with Crippen LogP contribution >= 0.6 is 0 Å². The van der Waals surface area contributed by atoms with Crippen molar-refractivity contribution >= 4 is 16.9 Å². The third kappa shape index (κ3) is 3.59. The first-order valence-electron chi connectivity index (χ1n) is 8.14. The fraction of sp³-hybridized carbons (Fsp3) is 0.471. The average molecular weight is 313 g/mol. The highest BCUT2D eigenvalue weighted by Crippen LogP contribution is 2.15. The molecule has 0 atom stereocenters. The lowest BCUT2D eigenvalue weighted by Gasteiger charge is -2.34. The Hall–Kier alpha value is -2.21.